The average Bonchev–Trinajstić information content (AvgIpc) is 2.39. The lowest BCUT2D eigenvalue weighted by atomic mass is 10.2. The molecule has 2 aromatic rings. The highest BCUT2D eigenvalue weighted by molar-refractivity contribution is 6.30. The molecule has 0 spiro atoms. The van der Waals surface area contributed by atoms with Crippen LogP contribution in [0.25, 0.3) is 0 Å². The molecular formula is C14H11ClN2O2. The van der Waals surface area contributed by atoms with Crippen LogP contribution in [0.3, 0.4) is 0 Å². The van der Waals surface area contributed by atoms with Crippen molar-refractivity contribution in [2.45, 2.75) is 0 Å². The maximum absolute atomic E-state index is 11.7. The van der Waals surface area contributed by atoms with Gasteiger partial charge in [-0.1, -0.05) is 23.7 Å². The number of hydrogen-bond acceptors (Lipinski definition) is 3. The summed E-state index contributed by atoms with van der Waals surface area (Å²) in [6.07, 6.45) is 1.45. The summed E-state index contributed by atoms with van der Waals surface area (Å²) >= 11 is 5.73. The lowest BCUT2D eigenvalue weighted by Crippen LogP contribution is -2.17. The Morgan fingerprint density at radius 1 is 1.21 bits per heavy atom. The van der Waals surface area contributed by atoms with Gasteiger partial charge in [0.2, 0.25) is 0 Å². The van der Waals surface area contributed by atoms with E-state index in [0.717, 1.165) is 0 Å². The molecule has 0 saturated carbocycles. The Balaban J connectivity index is 1.98. The fraction of sp³-hybridized carbons (Fsp3) is 0. The number of carbonyl (C=O) groups is 1. The van der Waals surface area contributed by atoms with Crippen LogP contribution in [0, 0.1) is 0 Å². The van der Waals surface area contributed by atoms with Gasteiger partial charge >= 0.3 is 0 Å². The van der Waals surface area contributed by atoms with E-state index in [1.807, 2.05) is 0 Å². The normalized spacial score (nSPS) is 10.6. The van der Waals surface area contributed by atoms with Crippen LogP contribution >= 0.6 is 11.6 Å². The van der Waals surface area contributed by atoms with Gasteiger partial charge in [0.1, 0.15) is 5.75 Å². The van der Waals surface area contributed by atoms with E-state index in [1.54, 1.807) is 42.5 Å². The summed E-state index contributed by atoms with van der Waals surface area (Å²) in [4.78, 5) is 11.7. The molecule has 1 amide bonds. The molecule has 0 radical (unpaired) electrons. The molecule has 0 aliphatic rings. The van der Waals surface area contributed by atoms with E-state index >= 15 is 0 Å². The van der Waals surface area contributed by atoms with Gasteiger partial charge in [0, 0.05) is 10.6 Å². The number of halogens is 1. The minimum Gasteiger partial charge on any atom is -0.508 e. The smallest absolute Gasteiger partial charge is 0.271 e. The molecule has 0 fully saturated rings. The Kier molecular flexibility index (Phi) is 4.15. The van der Waals surface area contributed by atoms with Gasteiger partial charge in [-0.2, -0.15) is 5.10 Å². The van der Waals surface area contributed by atoms with Crippen molar-refractivity contribution in [1.29, 1.82) is 0 Å². The molecule has 0 aliphatic carbocycles. The molecule has 19 heavy (non-hydrogen) atoms. The Morgan fingerprint density at radius 2 is 1.95 bits per heavy atom. The van der Waals surface area contributed by atoms with E-state index in [9.17, 15) is 9.90 Å². The van der Waals surface area contributed by atoms with E-state index in [0.29, 0.717) is 16.1 Å². The first-order chi connectivity index (χ1) is 9.15. The van der Waals surface area contributed by atoms with Crippen molar-refractivity contribution >= 4 is 23.7 Å². The number of hydrazone groups is 1. The molecule has 0 atom stereocenters. The molecule has 0 bridgehead atoms. The Bertz CT molecular complexity index is 609. The second kappa shape index (κ2) is 6.02. The van der Waals surface area contributed by atoms with Crippen molar-refractivity contribution in [1.82, 2.24) is 5.43 Å². The molecule has 2 N–H and O–H groups in total. The second-order valence-corrected chi connectivity index (χ2v) is 4.24. The van der Waals surface area contributed by atoms with Crippen molar-refractivity contribution in [3.63, 3.8) is 0 Å². The van der Waals surface area contributed by atoms with Gasteiger partial charge in [-0.3, -0.25) is 4.79 Å². The predicted molar refractivity (Wildman–Crippen MR) is 74.6 cm³/mol. The molecule has 2 rings (SSSR count). The number of rotatable bonds is 3. The largest absolute Gasteiger partial charge is 0.508 e. The monoisotopic (exact) mass is 274 g/mol. The van der Waals surface area contributed by atoms with Crippen LogP contribution in [0.1, 0.15) is 15.9 Å². The van der Waals surface area contributed by atoms with Gasteiger partial charge in [0.15, 0.2) is 0 Å². The van der Waals surface area contributed by atoms with Crippen LogP contribution in [0.4, 0.5) is 0 Å². The number of hydrogen-bond donors (Lipinski definition) is 2. The summed E-state index contributed by atoms with van der Waals surface area (Å²) in [7, 11) is 0. The topological polar surface area (TPSA) is 61.7 Å². The third kappa shape index (κ3) is 3.82. The number of aromatic hydroxyl groups is 1. The van der Waals surface area contributed by atoms with Crippen LogP contribution in [0.2, 0.25) is 5.02 Å². The summed E-state index contributed by atoms with van der Waals surface area (Å²) in [5, 5.41) is 13.6. The molecule has 0 unspecified atom stereocenters. The zero-order valence-corrected chi connectivity index (χ0v) is 10.6. The van der Waals surface area contributed by atoms with E-state index in [-0.39, 0.29) is 11.7 Å². The number of nitrogens with one attached hydrogen (secondary N) is 1. The SMILES string of the molecule is O=C(NN=Cc1cccc(O)c1)c1ccc(Cl)cc1. The molecule has 0 saturated heterocycles. The molecular weight excluding hydrogens is 264 g/mol. The van der Waals surface area contributed by atoms with Crippen LogP contribution in [0.5, 0.6) is 5.75 Å². The fourth-order valence-corrected chi connectivity index (χ4v) is 1.56. The van der Waals surface area contributed by atoms with Gasteiger partial charge < -0.3 is 5.11 Å². The maximum Gasteiger partial charge on any atom is 0.271 e. The Hall–Kier alpha value is -2.33. The lowest BCUT2D eigenvalue weighted by Gasteiger charge is -1.99. The van der Waals surface area contributed by atoms with Gasteiger partial charge in [0.05, 0.1) is 6.21 Å². The number of carbonyl (C=O) groups excluding carboxylic acids is 1. The summed E-state index contributed by atoms with van der Waals surface area (Å²) in [5.41, 5.74) is 3.55. The molecule has 5 heteroatoms. The van der Waals surface area contributed by atoms with Crippen molar-refractivity contribution in [2.24, 2.45) is 5.10 Å². The molecule has 4 nitrogen and oxygen atoms in total. The quantitative estimate of drug-likeness (QED) is 0.668. The third-order valence-electron chi connectivity index (χ3n) is 2.36. The lowest BCUT2D eigenvalue weighted by molar-refractivity contribution is 0.0955. The van der Waals surface area contributed by atoms with E-state index < -0.39 is 0 Å². The van der Waals surface area contributed by atoms with E-state index in [2.05, 4.69) is 10.5 Å². The standard InChI is InChI=1S/C14H11ClN2O2/c15-12-6-4-11(5-7-12)14(19)17-16-9-10-2-1-3-13(18)8-10/h1-9,18H,(H,17,19). The summed E-state index contributed by atoms with van der Waals surface area (Å²) < 4.78 is 0. The zero-order chi connectivity index (χ0) is 13.7. The predicted octanol–water partition coefficient (Wildman–Crippen LogP) is 2.81. The highest BCUT2D eigenvalue weighted by Gasteiger charge is 2.02. The number of phenols is 1. The minimum absolute atomic E-state index is 0.146. The summed E-state index contributed by atoms with van der Waals surface area (Å²) in [6.45, 7) is 0. The fourth-order valence-electron chi connectivity index (χ4n) is 1.44. The molecule has 96 valence electrons. The van der Waals surface area contributed by atoms with Gasteiger partial charge in [0.25, 0.3) is 5.91 Å². The number of phenolic OH excluding ortho intramolecular Hbond substituents is 1. The summed E-state index contributed by atoms with van der Waals surface area (Å²) in [5.74, 6) is -0.180. The highest BCUT2D eigenvalue weighted by atomic mass is 35.5. The van der Waals surface area contributed by atoms with Gasteiger partial charge in [-0.05, 0) is 42.0 Å². The second-order valence-electron chi connectivity index (χ2n) is 3.80. The van der Waals surface area contributed by atoms with Crippen LogP contribution in [-0.2, 0) is 0 Å². The summed E-state index contributed by atoms with van der Waals surface area (Å²) in [6, 6.07) is 13.0. The van der Waals surface area contributed by atoms with Crippen molar-refractivity contribution in [3.05, 3.63) is 64.7 Å². The van der Waals surface area contributed by atoms with Crippen molar-refractivity contribution in [3.8, 4) is 5.75 Å². The number of benzene rings is 2. The molecule has 0 aromatic heterocycles. The minimum atomic E-state index is -0.326. The Labute approximate surface area is 115 Å². The number of nitrogens with zero attached hydrogens (tertiary/aromatic N) is 1. The van der Waals surface area contributed by atoms with Crippen LogP contribution in [-0.4, -0.2) is 17.2 Å². The highest BCUT2D eigenvalue weighted by Crippen LogP contribution is 2.10. The van der Waals surface area contributed by atoms with Crippen molar-refractivity contribution < 1.29 is 9.90 Å². The van der Waals surface area contributed by atoms with Gasteiger partial charge in [-0.15, -0.1) is 0 Å². The van der Waals surface area contributed by atoms with Gasteiger partial charge in [-0.25, -0.2) is 5.43 Å². The van der Waals surface area contributed by atoms with E-state index in [1.165, 1.54) is 12.3 Å². The van der Waals surface area contributed by atoms with E-state index in [4.69, 9.17) is 11.6 Å². The van der Waals surface area contributed by atoms with Crippen LogP contribution < -0.4 is 5.43 Å². The molecule has 2 aromatic carbocycles. The first-order valence-electron chi connectivity index (χ1n) is 5.53. The average molecular weight is 275 g/mol. The first kappa shape index (κ1) is 13.1. The first-order valence-corrected chi connectivity index (χ1v) is 5.91. The zero-order valence-electron chi connectivity index (χ0n) is 9.88. The molecule has 0 aliphatic heterocycles. The Morgan fingerprint density at radius 3 is 2.63 bits per heavy atom. The third-order valence-corrected chi connectivity index (χ3v) is 2.61. The molecule has 0 heterocycles. The van der Waals surface area contributed by atoms with Crippen LogP contribution in [0.15, 0.2) is 53.6 Å². The maximum atomic E-state index is 11.7. The van der Waals surface area contributed by atoms with Crippen molar-refractivity contribution in [2.75, 3.05) is 0 Å². The number of amides is 1.